The van der Waals surface area contributed by atoms with Crippen LogP contribution in [0, 0.1) is 12.7 Å². The normalized spacial score (nSPS) is 11.7. The molecule has 1 atom stereocenters. The van der Waals surface area contributed by atoms with Crippen LogP contribution in [0.3, 0.4) is 0 Å². The molecule has 1 unspecified atom stereocenters. The maximum Gasteiger partial charge on any atom is 0.130 e. The molecule has 2 aromatic carbocycles. The molecule has 178 valence electrons. The Morgan fingerprint density at radius 1 is 1.15 bits per heavy atom. The standard InChI is InChI=1S/C28H30ClFNO2P/c1-6-7-24(21-12-26(19(4)32-5)18(3)31-15-21)17(2)25-13-22(29)9-11-28(25)33-16-20-8-10-23(34)14-27(20)30/h8-15H,4,6-7,16,34H2,1-3,5H3/b24-17-. The first-order valence-electron chi connectivity index (χ1n) is 11.1. The quantitative estimate of drug-likeness (QED) is 0.225. The van der Waals surface area contributed by atoms with Gasteiger partial charge in [-0.1, -0.05) is 43.7 Å². The third-order valence-electron chi connectivity index (χ3n) is 5.74. The van der Waals surface area contributed by atoms with Crippen LogP contribution in [0.5, 0.6) is 5.75 Å². The Kier molecular flexibility index (Phi) is 8.88. The van der Waals surface area contributed by atoms with Crippen molar-refractivity contribution < 1.29 is 13.9 Å². The van der Waals surface area contributed by atoms with Crippen LogP contribution in [0.2, 0.25) is 5.02 Å². The van der Waals surface area contributed by atoms with E-state index in [1.807, 2.05) is 31.3 Å². The van der Waals surface area contributed by atoms with E-state index in [4.69, 9.17) is 21.1 Å². The zero-order valence-electron chi connectivity index (χ0n) is 20.0. The van der Waals surface area contributed by atoms with Crippen molar-refractivity contribution in [2.75, 3.05) is 7.11 Å². The summed E-state index contributed by atoms with van der Waals surface area (Å²) in [6.45, 7) is 10.2. The average Bonchev–Trinajstić information content (AvgIpc) is 2.82. The van der Waals surface area contributed by atoms with Gasteiger partial charge in [0.25, 0.3) is 0 Å². The van der Waals surface area contributed by atoms with E-state index >= 15 is 0 Å². The van der Waals surface area contributed by atoms with Gasteiger partial charge in [0.15, 0.2) is 0 Å². The second-order valence-corrected chi connectivity index (χ2v) is 9.22. The summed E-state index contributed by atoms with van der Waals surface area (Å²) in [7, 11) is 4.10. The van der Waals surface area contributed by atoms with Gasteiger partial charge in [-0.2, -0.15) is 0 Å². The predicted octanol–water partition coefficient (Wildman–Crippen LogP) is 7.61. The number of hydrogen-bond acceptors (Lipinski definition) is 3. The first-order valence-corrected chi connectivity index (χ1v) is 12.1. The maximum absolute atomic E-state index is 14.3. The lowest BCUT2D eigenvalue weighted by Gasteiger charge is -2.18. The fraction of sp³-hybridized carbons (Fsp3) is 0.250. The van der Waals surface area contributed by atoms with Crippen molar-refractivity contribution in [2.24, 2.45) is 0 Å². The highest BCUT2D eigenvalue weighted by Gasteiger charge is 2.16. The van der Waals surface area contributed by atoms with E-state index in [-0.39, 0.29) is 12.4 Å². The molecule has 0 radical (unpaired) electrons. The molecule has 3 aromatic rings. The molecular formula is C28H30ClFNO2P. The molecule has 0 amide bonds. The molecule has 0 fully saturated rings. The van der Waals surface area contributed by atoms with Crippen LogP contribution >= 0.6 is 20.8 Å². The highest BCUT2D eigenvalue weighted by Crippen LogP contribution is 2.37. The lowest BCUT2D eigenvalue weighted by Crippen LogP contribution is -2.04. The van der Waals surface area contributed by atoms with Crippen LogP contribution in [0.4, 0.5) is 4.39 Å². The highest BCUT2D eigenvalue weighted by atomic mass is 35.5. The molecule has 3 rings (SSSR count). The topological polar surface area (TPSA) is 31.4 Å². The number of aromatic nitrogens is 1. The Labute approximate surface area is 208 Å². The molecule has 0 spiro atoms. The minimum atomic E-state index is -0.293. The van der Waals surface area contributed by atoms with Crippen LogP contribution in [-0.2, 0) is 11.3 Å². The number of methoxy groups -OCH3 is 1. The fourth-order valence-corrected chi connectivity index (χ4v) is 4.22. The lowest BCUT2D eigenvalue weighted by atomic mass is 9.92. The van der Waals surface area contributed by atoms with Gasteiger partial charge in [-0.15, -0.1) is 9.24 Å². The molecule has 6 heteroatoms. The third kappa shape index (κ3) is 6.05. The first-order chi connectivity index (χ1) is 16.2. The van der Waals surface area contributed by atoms with Gasteiger partial charge in [0.2, 0.25) is 0 Å². The summed E-state index contributed by atoms with van der Waals surface area (Å²) in [6.07, 6.45) is 3.66. The third-order valence-corrected chi connectivity index (χ3v) is 6.33. The van der Waals surface area contributed by atoms with E-state index in [0.29, 0.717) is 22.1 Å². The van der Waals surface area contributed by atoms with Crippen LogP contribution in [0.25, 0.3) is 16.9 Å². The van der Waals surface area contributed by atoms with Gasteiger partial charge in [0.1, 0.15) is 23.9 Å². The number of allylic oxidation sites excluding steroid dienone is 2. The van der Waals surface area contributed by atoms with Crippen molar-refractivity contribution in [1.82, 2.24) is 4.98 Å². The zero-order valence-corrected chi connectivity index (χ0v) is 22.0. The Morgan fingerprint density at radius 3 is 2.59 bits per heavy atom. The second kappa shape index (κ2) is 11.6. The molecule has 1 heterocycles. The highest BCUT2D eigenvalue weighted by molar-refractivity contribution is 7.27. The van der Waals surface area contributed by atoms with Crippen LogP contribution in [0.15, 0.2) is 55.2 Å². The van der Waals surface area contributed by atoms with Crippen LogP contribution in [-0.4, -0.2) is 12.1 Å². The van der Waals surface area contributed by atoms with Crippen molar-refractivity contribution >= 4 is 43.1 Å². The van der Waals surface area contributed by atoms with Crippen molar-refractivity contribution in [3.63, 3.8) is 0 Å². The molecule has 34 heavy (non-hydrogen) atoms. The van der Waals surface area contributed by atoms with Crippen molar-refractivity contribution in [1.29, 1.82) is 0 Å². The number of rotatable bonds is 9. The molecule has 3 nitrogen and oxygen atoms in total. The van der Waals surface area contributed by atoms with E-state index in [1.54, 1.807) is 19.2 Å². The second-order valence-electron chi connectivity index (χ2n) is 8.12. The van der Waals surface area contributed by atoms with E-state index in [9.17, 15) is 4.39 Å². The summed E-state index contributed by atoms with van der Waals surface area (Å²) in [5.41, 5.74) is 6.24. The van der Waals surface area contributed by atoms with Crippen molar-refractivity contribution in [2.45, 2.75) is 40.2 Å². The number of nitrogens with zero attached hydrogens (tertiary/aromatic N) is 1. The maximum atomic E-state index is 14.3. The van der Waals surface area contributed by atoms with E-state index < -0.39 is 0 Å². The fourth-order valence-electron chi connectivity index (χ4n) is 3.81. The number of hydrogen-bond donors (Lipinski definition) is 0. The molecule has 1 aromatic heterocycles. The monoisotopic (exact) mass is 497 g/mol. The lowest BCUT2D eigenvalue weighted by molar-refractivity contribution is 0.299. The Balaban J connectivity index is 2.06. The van der Waals surface area contributed by atoms with E-state index in [2.05, 4.69) is 40.7 Å². The molecule has 0 bridgehead atoms. The van der Waals surface area contributed by atoms with Crippen molar-refractivity contribution in [3.8, 4) is 5.75 Å². The minimum Gasteiger partial charge on any atom is -0.497 e. The Bertz CT molecular complexity index is 1240. The van der Waals surface area contributed by atoms with Gasteiger partial charge in [0.05, 0.1) is 7.11 Å². The SMILES string of the molecule is C=C(OC)c1cc(/C(CCC)=C(/C)c2cc(Cl)ccc2OCc2ccc(P)cc2F)cnc1C. The van der Waals surface area contributed by atoms with Gasteiger partial charge in [-0.25, -0.2) is 4.39 Å². The molecule has 0 aliphatic carbocycles. The molecule has 0 saturated carbocycles. The van der Waals surface area contributed by atoms with Gasteiger partial charge in [-0.3, -0.25) is 4.98 Å². The van der Waals surface area contributed by atoms with E-state index in [0.717, 1.165) is 51.7 Å². The Morgan fingerprint density at radius 2 is 1.91 bits per heavy atom. The summed E-state index contributed by atoms with van der Waals surface area (Å²) < 4.78 is 25.8. The van der Waals surface area contributed by atoms with Gasteiger partial charge in [-0.05, 0) is 72.6 Å². The largest absolute Gasteiger partial charge is 0.497 e. The van der Waals surface area contributed by atoms with Crippen molar-refractivity contribution in [3.05, 3.63) is 94.0 Å². The number of halogens is 2. The minimum absolute atomic E-state index is 0.117. The Hall–Kier alpha value is -2.68. The molecule has 0 N–H and O–H groups in total. The summed E-state index contributed by atoms with van der Waals surface area (Å²) in [5.74, 6) is 0.927. The zero-order chi connectivity index (χ0) is 24.8. The van der Waals surface area contributed by atoms with Crippen LogP contribution in [0.1, 0.15) is 54.6 Å². The van der Waals surface area contributed by atoms with Gasteiger partial charge in [0, 0.05) is 33.6 Å². The van der Waals surface area contributed by atoms with E-state index in [1.165, 1.54) is 6.07 Å². The number of pyridine rings is 1. The molecule has 0 saturated heterocycles. The first kappa shape index (κ1) is 25.9. The molecule has 0 aliphatic rings. The van der Waals surface area contributed by atoms with Gasteiger partial charge >= 0.3 is 0 Å². The number of benzene rings is 2. The predicted molar refractivity (Wildman–Crippen MR) is 144 cm³/mol. The summed E-state index contributed by atoms with van der Waals surface area (Å²) >= 11 is 6.37. The number of aryl methyl sites for hydroxylation is 1. The summed E-state index contributed by atoms with van der Waals surface area (Å²) in [4.78, 5) is 4.58. The number of ether oxygens (including phenoxy) is 2. The van der Waals surface area contributed by atoms with Crippen LogP contribution < -0.4 is 10.0 Å². The molecule has 0 aliphatic heterocycles. The summed E-state index contributed by atoms with van der Waals surface area (Å²) in [5, 5.41) is 1.39. The average molecular weight is 498 g/mol. The summed E-state index contributed by atoms with van der Waals surface area (Å²) in [6, 6.07) is 12.6. The smallest absolute Gasteiger partial charge is 0.130 e. The van der Waals surface area contributed by atoms with Gasteiger partial charge < -0.3 is 9.47 Å². The molecular weight excluding hydrogens is 468 g/mol.